The Balaban J connectivity index is 1.47. The predicted molar refractivity (Wildman–Crippen MR) is 101 cm³/mol. The lowest BCUT2D eigenvalue weighted by molar-refractivity contribution is -0.120. The average Bonchev–Trinajstić information content (AvgIpc) is 3.32. The van der Waals surface area contributed by atoms with Crippen molar-refractivity contribution >= 4 is 29.0 Å². The summed E-state index contributed by atoms with van der Waals surface area (Å²) in [7, 11) is 0. The SMILES string of the molecule is CSc1nnc(CCCNC(=O)Cc2csc(C)n2)n1C1CCCC1. The molecule has 1 saturated carbocycles. The Morgan fingerprint density at radius 2 is 2.20 bits per heavy atom. The monoisotopic (exact) mass is 379 g/mol. The molecule has 2 aromatic rings. The van der Waals surface area contributed by atoms with Gasteiger partial charge in [-0.05, 0) is 32.4 Å². The molecule has 0 atom stereocenters. The number of hydrogen-bond donors (Lipinski definition) is 1. The lowest BCUT2D eigenvalue weighted by atomic mass is 10.2. The van der Waals surface area contributed by atoms with Crippen molar-refractivity contribution in [1.29, 1.82) is 0 Å². The van der Waals surface area contributed by atoms with Crippen LogP contribution in [0, 0.1) is 6.92 Å². The molecule has 2 aromatic heterocycles. The molecule has 6 nitrogen and oxygen atoms in total. The van der Waals surface area contributed by atoms with E-state index < -0.39 is 0 Å². The summed E-state index contributed by atoms with van der Waals surface area (Å²) < 4.78 is 2.33. The summed E-state index contributed by atoms with van der Waals surface area (Å²) in [6.07, 6.45) is 9.18. The van der Waals surface area contributed by atoms with E-state index in [1.54, 1.807) is 23.1 Å². The maximum atomic E-state index is 12.0. The number of aromatic nitrogens is 4. The molecule has 8 heteroatoms. The van der Waals surface area contributed by atoms with Crippen molar-refractivity contribution < 1.29 is 4.79 Å². The summed E-state index contributed by atoms with van der Waals surface area (Å²) in [4.78, 5) is 16.3. The topological polar surface area (TPSA) is 72.7 Å². The van der Waals surface area contributed by atoms with Crippen molar-refractivity contribution in [3.63, 3.8) is 0 Å². The molecule has 0 saturated heterocycles. The van der Waals surface area contributed by atoms with Gasteiger partial charge >= 0.3 is 0 Å². The van der Waals surface area contributed by atoms with Gasteiger partial charge in [-0.1, -0.05) is 24.6 Å². The van der Waals surface area contributed by atoms with E-state index in [1.807, 2.05) is 12.3 Å². The number of hydrogen-bond acceptors (Lipinski definition) is 6. The maximum Gasteiger partial charge on any atom is 0.226 e. The minimum atomic E-state index is 0.0346. The molecule has 1 N–H and O–H groups in total. The summed E-state index contributed by atoms with van der Waals surface area (Å²) in [5, 5.41) is 15.7. The first-order valence-electron chi connectivity index (χ1n) is 8.83. The fourth-order valence-electron chi connectivity index (χ4n) is 3.34. The normalized spacial score (nSPS) is 15.0. The van der Waals surface area contributed by atoms with Crippen LogP contribution in [0.5, 0.6) is 0 Å². The molecule has 25 heavy (non-hydrogen) atoms. The van der Waals surface area contributed by atoms with Crippen molar-refractivity contribution in [1.82, 2.24) is 25.1 Å². The fourth-order valence-corrected chi connectivity index (χ4v) is 4.52. The molecular weight excluding hydrogens is 354 g/mol. The third-order valence-electron chi connectivity index (χ3n) is 4.52. The molecule has 0 aromatic carbocycles. The van der Waals surface area contributed by atoms with E-state index in [4.69, 9.17) is 0 Å². The van der Waals surface area contributed by atoms with Crippen molar-refractivity contribution in [3.05, 3.63) is 21.9 Å². The largest absolute Gasteiger partial charge is 0.356 e. The number of carbonyl (C=O) groups is 1. The highest BCUT2D eigenvalue weighted by Crippen LogP contribution is 2.33. The first kappa shape index (κ1) is 18.4. The lowest BCUT2D eigenvalue weighted by Crippen LogP contribution is -2.26. The number of amides is 1. The molecule has 1 fully saturated rings. The van der Waals surface area contributed by atoms with Crippen LogP contribution >= 0.6 is 23.1 Å². The Morgan fingerprint density at radius 3 is 2.88 bits per heavy atom. The Labute approximate surface area is 156 Å². The first-order chi connectivity index (χ1) is 12.2. The van der Waals surface area contributed by atoms with Crippen LogP contribution in [0.4, 0.5) is 0 Å². The third kappa shape index (κ3) is 4.82. The zero-order chi connectivity index (χ0) is 17.6. The fraction of sp³-hybridized carbons (Fsp3) is 0.647. The van der Waals surface area contributed by atoms with Crippen molar-refractivity contribution in [3.8, 4) is 0 Å². The maximum absolute atomic E-state index is 12.0. The summed E-state index contributed by atoms with van der Waals surface area (Å²) in [6.45, 7) is 2.61. The van der Waals surface area contributed by atoms with Gasteiger partial charge in [-0.2, -0.15) is 0 Å². The second-order valence-corrected chi connectivity index (χ2v) is 8.23. The molecule has 1 aliphatic carbocycles. The molecule has 1 aliphatic rings. The van der Waals surface area contributed by atoms with Gasteiger partial charge in [0.1, 0.15) is 5.82 Å². The van der Waals surface area contributed by atoms with Crippen molar-refractivity contribution in [2.45, 2.75) is 63.1 Å². The molecular formula is C17H25N5OS2. The van der Waals surface area contributed by atoms with Gasteiger partial charge in [-0.15, -0.1) is 21.5 Å². The standard InChI is InChI=1S/C17H25N5OS2/c1-12-19-13(11-25-12)10-16(23)18-9-5-8-15-20-21-17(24-2)22(15)14-6-3-4-7-14/h11,14H,3-10H2,1-2H3,(H,18,23). The van der Waals surface area contributed by atoms with Crippen molar-refractivity contribution in [2.24, 2.45) is 0 Å². The van der Waals surface area contributed by atoms with Crippen LogP contribution in [0.25, 0.3) is 0 Å². The number of thioether (sulfide) groups is 1. The summed E-state index contributed by atoms with van der Waals surface area (Å²) in [5.74, 6) is 1.09. The molecule has 3 rings (SSSR count). The number of thiazole rings is 1. The van der Waals surface area contributed by atoms with Gasteiger partial charge in [0, 0.05) is 24.4 Å². The number of nitrogens with zero attached hydrogens (tertiary/aromatic N) is 4. The van der Waals surface area contributed by atoms with Gasteiger partial charge in [0.25, 0.3) is 0 Å². The summed E-state index contributed by atoms with van der Waals surface area (Å²) in [6, 6.07) is 0.551. The van der Waals surface area contributed by atoms with E-state index in [1.165, 1.54) is 25.7 Å². The van der Waals surface area contributed by atoms with Crippen LogP contribution in [0.15, 0.2) is 10.5 Å². The minimum Gasteiger partial charge on any atom is -0.356 e. The van der Waals surface area contributed by atoms with E-state index in [0.29, 0.717) is 19.0 Å². The number of aryl methyl sites for hydroxylation is 2. The minimum absolute atomic E-state index is 0.0346. The van der Waals surface area contributed by atoms with E-state index in [-0.39, 0.29) is 5.91 Å². The Hall–Kier alpha value is -1.41. The van der Waals surface area contributed by atoms with E-state index >= 15 is 0 Å². The molecule has 2 heterocycles. The summed E-state index contributed by atoms with van der Waals surface area (Å²) in [5.41, 5.74) is 0.852. The molecule has 0 bridgehead atoms. The van der Waals surface area contributed by atoms with Crippen molar-refractivity contribution in [2.75, 3.05) is 12.8 Å². The predicted octanol–water partition coefficient (Wildman–Crippen LogP) is 3.17. The average molecular weight is 380 g/mol. The van der Waals surface area contributed by atoms with E-state index in [9.17, 15) is 4.79 Å². The molecule has 136 valence electrons. The van der Waals surface area contributed by atoms with Crippen LogP contribution in [0.1, 0.15) is 54.7 Å². The molecule has 0 spiro atoms. The van der Waals surface area contributed by atoms with E-state index in [2.05, 4.69) is 31.3 Å². The molecule has 0 radical (unpaired) electrons. The Kier molecular flexibility index (Phi) is 6.47. The molecule has 0 unspecified atom stereocenters. The first-order valence-corrected chi connectivity index (χ1v) is 10.9. The number of nitrogens with one attached hydrogen (secondary N) is 1. The van der Waals surface area contributed by atoms with Crippen LogP contribution in [-0.4, -0.2) is 38.5 Å². The number of rotatable bonds is 8. The smallest absolute Gasteiger partial charge is 0.226 e. The van der Waals surface area contributed by atoms with E-state index in [0.717, 1.165) is 34.5 Å². The van der Waals surface area contributed by atoms with Gasteiger partial charge in [0.05, 0.1) is 17.1 Å². The van der Waals surface area contributed by atoms with Gasteiger partial charge < -0.3 is 9.88 Å². The van der Waals surface area contributed by atoms with Crippen LogP contribution in [-0.2, 0) is 17.6 Å². The zero-order valence-electron chi connectivity index (χ0n) is 14.8. The molecule has 0 aliphatic heterocycles. The Bertz CT molecular complexity index is 706. The highest BCUT2D eigenvalue weighted by molar-refractivity contribution is 7.98. The zero-order valence-corrected chi connectivity index (χ0v) is 16.5. The lowest BCUT2D eigenvalue weighted by Gasteiger charge is -2.16. The van der Waals surface area contributed by atoms with Gasteiger partial charge in [-0.25, -0.2) is 4.98 Å². The Morgan fingerprint density at radius 1 is 1.40 bits per heavy atom. The van der Waals surface area contributed by atoms with Gasteiger partial charge in [-0.3, -0.25) is 4.79 Å². The van der Waals surface area contributed by atoms with Gasteiger partial charge in [0.2, 0.25) is 5.91 Å². The quantitative estimate of drug-likeness (QED) is 0.563. The highest BCUT2D eigenvalue weighted by Gasteiger charge is 2.23. The highest BCUT2D eigenvalue weighted by atomic mass is 32.2. The second-order valence-electron chi connectivity index (χ2n) is 6.40. The molecule has 1 amide bonds. The third-order valence-corrected chi connectivity index (χ3v) is 5.98. The van der Waals surface area contributed by atoms with Gasteiger partial charge in [0.15, 0.2) is 5.16 Å². The van der Waals surface area contributed by atoms with Crippen LogP contribution < -0.4 is 5.32 Å². The van der Waals surface area contributed by atoms with Crippen LogP contribution in [0.2, 0.25) is 0 Å². The second kappa shape index (κ2) is 8.80. The number of carbonyl (C=O) groups excluding carboxylic acids is 1. The summed E-state index contributed by atoms with van der Waals surface area (Å²) >= 11 is 3.24. The van der Waals surface area contributed by atoms with Crippen LogP contribution in [0.3, 0.4) is 0 Å².